The van der Waals surface area contributed by atoms with Crippen LogP contribution in [0.1, 0.15) is 27.2 Å². The standard InChI is InChI=1S/C14H27N3O2/c1-11(12-4-9-19-10-12)16-13(18)14(2,3)17-7-5-15-6-8-17/h11-12,15H,4-10H2,1-3H3,(H,16,18). The van der Waals surface area contributed by atoms with Gasteiger partial charge in [-0.1, -0.05) is 0 Å². The van der Waals surface area contributed by atoms with Gasteiger partial charge in [-0.15, -0.1) is 0 Å². The van der Waals surface area contributed by atoms with Crippen LogP contribution in [0, 0.1) is 5.92 Å². The Kier molecular flexibility index (Phi) is 4.81. The summed E-state index contributed by atoms with van der Waals surface area (Å²) in [5, 5.41) is 6.50. The molecule has 2 fully saturated rings. The van der Waals surface area contributed by atoms with Gasteiger partial charge in [-0.2, -0.15) is 0 Å². The molecule has 5 heteroatoms. The highest BCUT2D eigenvalue weighted by atomic mass is 16.5. The molecule has 0 bridgehead atoms. The number of nitrogens with one attached hydrogen (secondary N) is 2. The molecule has 2 unspecified atom stereocenters. The van der Waals surface area contributed by atoms with Crippen LogP contribution in [0.2, 0.25) is 0 Å². The molecule has 0 saturated carbocycles. The number of ether oxygens (including phenoxy) is 1. The lowest BCUT2D eigenvalue weighted by Gasteiger charge is -2.40. The summed E-state index contributed by atoms with van der Waals surface area (Å²) in [4.78, 5) is 14.8. The minimum atomic E-state index is -0.435. The van der Waals surface area contributed by atoms with Crippen molar-refractivity contribution in [3.63, 3.8) is 0 Å². The quantitative estimate of drug-likeness (QED) is 0.766. The van der Waals surface area contributed by atoms with Crippen molar-refractivity contribution in [1.82, 2.24) is 15.5 Å². The van der Waals surface area contributed by atoms with Crippen molar-refractivity contribution in [3.05, 3.63) is 0 Å². The molecule has 2 atom stereocenters. The maximum atomic E-state index is 12.5. The molecule has 2 rings (SSSR count). The van der Waals surface area contributed by atoms with Gasteiger partial charge in [-0.05, 0) is 27.2 Å². The van der Waals surface area contributed by atoms with Crippen molar-refractivity contribution < 1.29 is 9.53 Å². The number of hydrogen-bond acceptors (Lipinski definition) is 4. The van der Waals surface area contributed by atoms with Crippen LogP contribution < -0.4 is 10.6 Å². The Hall–Kier alpha value is -0.650. The van der Waals surface area contributed by atoms with E-state index in [-0.39, 0.29) is 11.9 Å². The summed E-state index contributed by atoms with van der Waals surface area (Å²) in [7, 11) is 0. The van der Waals surface area contributed by atoms with Gasteiger partial charge in [-0.3, -0.25) is 9.69 Å². The smallest absolute Gasteiger partial charge is 0.240 e. The van der Waals surface area contributed by atoms with E-state index in [0.717, 1.165) is 45.8 Å². The molecule has 1 amide bonds. The summed E-state index contributed by atoms with van der Waals surface area (Å²) < 4.78 is 5.39. The summed E-state index contributed by atoms with van der Waals surface area (Å²) in [5.41, 5.74) is -0.435. The van der Waals surface area contributed by atoms with Crippen LogP contribution in [-0.2, 0) is 9.53 Å². The van der Waals surface area contributed by atoms with Gasteiger partial charge in [0, 0.05) is 44.7 Å². The molecule has 2 aliphatic rings. The Morgan fingerprint density at radius 3 is 2.68 bits per heavy atom. The third-order valence-electron chi connectivity index (χ3n) is 4.49. The predicted molar refractivity (Wildman–Crippen MR) is 75.1 cm³/mol. The Balaban J connectivity index is 1.89. The summed E-state index contributed by atoms with van der Waals surface area (Å²) in [6, 6.07) is 0.192. The second kappa shape index (κ2) is 6.20. The average molecular weight is 269 g/mol. The van der Waals surface area contributed by atoms with Crippen molar-refractivity contribution in [1.29, 1.82) is 0 Å². The van der Waals surface area contributed by atoms with E-state index in [4.69, 9.17) is 4.74 Å². The summed E-state index contributed by atoms with van der Waals surface area (Å²) in [5.74, 6) is 0.594. The molecular weight excluding hydrogens is 242 g/mol. The predicted octanol–water partition coefficient (Wildman–Crippen LogP) is 0.211. The first-order chi connectivity index (χ1) is 9.01. The molecule has 2 N–H and O–H groups in total. The normalized spacial score (nSPS) is 27.2. The lowest BCUT2D eigenvalue weighted by molar-refractivity contribution is -0.133. The first kappa shape index (κ1) is 14.8. The fraction of sp³-hybridized carbons (Fsp3) is 0.929. The van der Waals surface area contributed by atoms with Crippen LogP contribution >= 0.6 is 0 Å². The van der Waals surface area contributed by atoms with Crippen LogP contribution in [0.15, 0.2) is 0 Å². The molecule has 0 aromatic carbocycles. The van der Waals surface area contributed by atoms with Crippen LogP contribution in [0.4, 0.5) is 0 Å². The zero-order valence-corrected chi connectivity index (χ0v) is 12.4. The van der Waals surface area contributed by atoms with E-state index in [1.54, 1.807) is 0 Å². The van der Waals surface area contributed by atoms with Gasteiger partial charge < -0.3 is 15.4 Å². The highest BCUT2D eigenvalue weighted by molar-refractivity contribution is 5.85. The number of rotatable bonds is 4. The Morgan fingerprint density at radius 2 is 2.11 bits per heavy atom. The van der Waals surface area contributed by atoms with Crippen LogP contribution in [0.25, 0.3) is 0 Å². The van der Waals surface area contributed by atoms with E-state index < -0.39 is 5.54 Å². The number of carbonyl (C=O) groups excluding carboxylic acids is 1. The van der Waals surface area contributed by atoms with Crippen molar-refractivity contribution >= 4 is 5.91 Å². The molecule has 2 aliphatic heterocycles. The number of nitrogens with zero attached hydrogens (tertiary/aromatic N) is 1. The van der Waals surface area contributed by atoms with E-state index in [0.29, 0.717) is 5.92 Å². The fourth-order valence-electron chi connectivity index (χ4n) is 2.82. The van der Waals surface area contributed by atoms with Gasteiger partial charge in [0.15, 0.2) is 0 Å². The molecular formula is C14H27N3O2. The van der Waals surface area contributed by atoms with Gasteiger partial charge in [0.25, 0.3) is 0 Å². The van der Waals surface area contributed by atoms with E-state index in [1.807, 2.05) is 13.8 Å². The molecule has 5 nitrogen and oxygen atoms in total. The van der Waals surface area contributed by atoms with Crippen molar-refractivity contribution in [2.75, 3.05) is 39.4 Å². The second-order valence-electron chi connectivity index (χ2n) is 6.18. The lowest BCUT2D eigenvalue weighted by atomic mass is 9.96. The second-order valence-corrected chi connectivity index (χ2v) is 6.18. The minimum Gasteiger partial charge on any atom is -0.381 e. The van der Waals surface area contributed by atoms with Gasteiger partial charge in [0.1, 0.15) is 0 Å². The molecule has 0 spiro atoms. The van der Waals surface area contributed by atoms with Crippen LogP contribution in [0.5, 0.6) is 0 Å². The molecule has 0 aliphatic carbocycles. The monoisotopic (exact) mass is 269 g/mol. The molecule has 2 saturated heterocycles. The highest BCUT2D eigenvalue weighted by Crippen LogP contribution is 2.19. The van der Waals surface area contributed by atoms with Crippen molar-refractivity contribution in [2.45, 2.75) is 38.8 Å². The number of amides is 1. The fourth-order valence-corrected chi connectivity index (χ4v) is 2.82. The van der Waals surface area contributed by atoms with E-state index in [1.165, 1.54) is 0 Å². The average Bonchev–Trinajstić information content (AvgIpc) is 2.93. The van der Waals surface area contributed by atoms with E-state index in [9.17, 15) is 4.79 Å². The molecule has 0 aromatic rings. The summed E-state index contributed by atoms with van der Waals surface area (Å²) >= 11 is 0. The molecule has 0 radical (unpaired) electrons. The number of hydrogen-bond donors (Lipinski definition) is 2. The Labute approximate surface area is 116 Å². The lowest BCUT2D eigenvalue weighted by Crippen LogP contribution is -2.61. The van der Waals surface area contributed by atoms with Crippen LogP contribution in [-0.4, -0.2) is 61.8 Å². The highest BCUT2D eigenvalue weighted by Gasteiger charge is 2.36. The first-order valence-corrected chi connectivity index (χ1v) is 7.36. The SMILES string of the molecule is CC(NC(=O)C(C)(C)N1CCNCC1)C1CCOC1. The van der Waals surface area contributed by atoms with Crippen LogP contribution in [0.3, 0.4) is 0 Å². The number of carbonyl (C=O) groups is 1. The number of piperazine rings is 1. The third-order valence-corrected chi connectivity index (χ3v) is 4.49. The first-order valence-electron chi connectivity index (χ1n) is 7.36. The Bertz CT molecular complexity index is 308. The zero-order chi connectivity index (χ0) is 13.9. The maximum Gasteiger partial charge on any atom is 0.240 e. The van der Waals surface area contributed by atoms with Gasteiger partial charge in [0.2, 0.25) is 5.91 Å². The summed E-state index contributed by atoms with van der Waals surface area (Å²) in [6.45, 7) is 11.5. The molecule has 19 heavy (non-hydrogen) atoms. The minimum absolute atomic E-state index is 0.133. The van der Waals surface area contributed by atoms with Crippen molar-refractivity contribution in [2.24, 2.45) is 5.92 Å². The molecule has 110 valence electrons. The molecule has 2 heterocycles. The van der Waals surface area contributed by atoms with Gasteiger partial charge in [-0.25, -0.2) is 0 Å². The molecule has 0 aromatic heterocycles. The Morgan fingerprint density at radius 1 is 1.42 bits per heavy atom. The largest absolute Gasteiger partial charge is 0.381 e. The third kappa shape index (κ3) is 3.46. The van der Waals surface area contributed by atoms with E-state index in [2.05, 4.69) is 22.5 Å². The summed E-state index contributed by atoms with van der Waals surface area (Å²) in [6.07, 6.45) is 1.05. The van der Waals surface area contributed by atoms with Gasteiger partial charge >= 0.3 is 0 Å². The van der Waals surface area contributed by atoms with Crippen molar-refractivity contribution in [3.8, 4) is 0 Å². The topological polar surface area (TPSA) is 53.6 Å². The van der Waals surface area contributed by atoms with Gasteiger partial charge in [0.05, 0.1) is 12.1 Å². The maximum absolute atomic E-state index is 12.5. The zero-order valence-electron chi connectivity index (χ0n) is 12.4. The van der Waals surface area contributed by atoms with E-state index >= 15 is 0 Å².